The highest BCUT2D eigenvalue weighted by Gasteiger charge is 2.31. The third kappa shape index (κ3) is 3.12. The Balaban J connectivity index is 1.76. The number of rotatable bonds is 5. The fourth-order valence-electron chi connectivity index (χ4n) is 2.25. The topological polar surface area (TPSA) is 53.1 Å². The van der Waals surface area contributed by atoms with Crippen molar-refractivity contribution in [3.8, 4) is 0 Å². The number of nitrogen functional groups attached to an aromatic ring is 1. The summed E-state index contributed by atoms with van der Waals surface area (Å²) < 4.78 is 45.2. The molecule has 0 aliphatic heterocycles. The van der Waals surface area contributed by atoms with Crippen molar-refractivity contribution in [2.45, 2.75) is 25.6 Å². The van der Waals surface area contributed by atoms with Gasteiger partial charge >= 0.3 is 6.18 Å². The summed E-state index contributed by atoms with van der Waals surface area (Å²) in [5.74, 6) is 0.885. The van der Waals surface area contributed by atoms with Crippen molar-refractivity contribution in [2.24, 2.45) is 5.92 Å². The van der Waals surface area contributed by atoms with Crippen LogP contribution in [0.25, 0.3) is 11.0 Å². The van der Waals surface area contributed by atoms with E-state index in [1.165, 1.54) is 18.9 Å². The number of anilines is 1. The molecule has 0 radical (unpaired) electrons. The first-order valence-corrected chi connectivity index (χ1v) is 6.86. The van der Waals surface area contributed by atoms with Crippen LogP contribution in [0.5, 0.6) is 0 Å². The van der Waals surface area contributed by atoms with Crippen molar-refractivity contribution in [1.29, 1.82) is 0 Å². The quantitative estimate of drug-likeness (QED) is 0.863. The largest absolute Gasteiger partial charge is 0.416 e. The maximum absolute atomic E-state index is 12.7. The van der Waals surface area contributed by atoms with Gasteiger partial charge in [0.25, 0.3) is 0 Å². The lowest BCUT2D eigenvalue weighted by molar-refractivity contribution is -0.137. The van der Waals surface area contributed by atoms with Crippen LogP contribution in [0.3, 0.4) is 0 Å². The highest BCUT2D eigenvalue weighted by Crippen LogP contribution is 2.32. The number of ether oxygens (including phenoxy) is 1. The van der Waals surface area contributed by atoms with Gasteiger partial charge in [0.15, 0.2) is 0 Å². The van der Waals surface area contributed by atoms with E-state index in [9.17, 15) is 13.2 Å². The van der Waals surface area contributed by atoms with E-state index in [1.807, 2.05) is 0 Å². The molecule has 0 atom stereocenters. The number of aromatic nitrogens is 2. The number of hydrogen-bond acceptors (Lipinski definition) is 3. The van der Waals surface area contributed by atoms with Crippen LogP contribution < -0.4 is 5.73 Å². The second-order valence-electron chi connectivity index (χ2n) is 5.34. The van der Waals surface area contributed by atoms with Gasteiger partial charge in [-0.1, -0.05) is 0 Å². The highest BCUT2D eigenvalue weighted by molar-refractivity contribution is 5.79. The summed E-state index contributed by atoms with van der Waals surface area (Å²) in [5, 5.41) is 0. The van der Waals surface area contributed by atoms with E-state index in [0.29, 0.717) is 24.6 Å². The first kappa shape index (κ1) is 14.2. The number of nitrogens with two attached hydrogens (primary N) is 1. The van der Waals surface area contributed by atoms with Crippen LogP contribution in [0, 0.1) is 5.92 Å². The lowest BCUT2D eigenvalue weighted by Crippen LogP contribution is -2.10. The van der Waals surface area contributed by atoms with Crippen LogP contribution in [0.1, 0.15) is 18.4 Å². The molecule has 1 aromatic heterocycles. The van der Waals surface area contributed by atoms with E-state index in [-0.39, 0.29) is 11.5 Å². The fraction of sp³-hybridized carbons (Fsp3) is 0.500. The number of hydrogen-bond donors (Lipinski definition) is 1. The molecule has 21 heavy (non-hydrogen) atoms. The van der Waals surface area contributed by atoms with Crippen LogP contribution in [-0.2, 0) is 17.5 Å². The molecule has 1 aliphatic carbocycles. The van der Waals surface area contributed by atoms with E-state index in [2.05, 4.69) is 4.98 Å². The van der Waals surface area contributed by atoms with Gasteiger partial charge < -0.3 is 15.0 Å². The van der Waals surface area contributed by atoms with Gasteiger partial charge in [-0.15, -0.1) is 0 Å². The normalized spacial score (nSPS) is 15.8. The van der Waals surface area contributed by atoms with Crippen molar-refractivity contribution >= 4 is 17.0 Å². The molecule has 0 amide bonds. The summed E-state index contributed by atoms with van der Waals surface area (Å²) in [6.07, 6.45) is -1.94. The molecular weight excluding hydrogens is 283 g/mol. The second-order valence-corrected chi connectivity index (χ2v) is 5.34. The zero-order chi connectivity index (χ0) is 15.0. The van der Waals surface area contributed by atoms with Gasteiger partial charge in [0.1, 0.15) is 0 Å². The molecule has 2 N–H and O–H groups in total. The van der Waals surface area contributed by atoms with Gasteiger partial charge in [-0.2, -0.15) is 13.2 Å². The van der Waals surface area contributed by atoms with Crippen molar-refractivity contribution in [2.75, 3.05) is 18.9 Å². The molecule has 0 unspecified atom stereocenters. The summed E-state index contributed by atoms with van der Waals surface area (Å²) in [7, 11) is 0. The number of halogens is 3. The Morgan fingerprint density at radius 1 is 1.33 bits per heavy atom. The molecule has 1 fully saturated rings. The Labute approximate surface area is 119 Å². The SMILES string of the molecule is Nc1nc2cc(C(F)(F)F)ccc2n1CCOCC1CC1. The van der Waals surface area contributed by atoms with Gasteiger partial charge in [0, 0.05) is 13.2 Å². The maximum Gasteiger partial charge on any atom is 0.416 e. The number of nitrogens with zero attached hydrogens (tertiary/aromatic N) is 2. The Bertz CT molecular complexity index is 647. The second kappa shape index (κ2) is 5.22. The van der Waals surface area contributed by atoms with Crippen molar-refractivity contribution in [1.82, 2.24) is 9.55 Å². The minimum atomic E-state index is -4.37. The van der Waals surface area contributed by atoms with E-state index in [4.69, 9.17) is 10.5 Å². The molecule has 1 aromatic carbocycles. The number of fused-ring (bicyclic) bond motifs is 1. The van der Waals surface area contributed by atoms with E-state index in [1.54, 1.807) is 4.57 Å². The Morgan fingerprint density at radius 2 is 2.10 bits per heavy atom. The van der Waals surface area contributed by atoms with Crippen molar-refractivity contribution in [3.05, 3.63) is 23.8 Å². The molecule has 2 aromatic rings. The summed E-state index contributed by atoms with van der Waals surface area (Å²) in [6, 6.07) is 3.47. The third-order valence-corrected chi connectivity index (χ3v) is 3.61. The monoisotopic (exact) mass is 299 g/mol. The Morgan fingerprint density at radius 3 is 2.76 bits per heavy atom. The van der Waals surface area contributed by atoms with Gasteiger partial charge in [-0.3, -0.25) is 0 Å². The van der Waals surface area contributed by atoms with E-state index < -0.39 is 11.7 Å². The third-order valence-electron chi connectivity index (χ3n) is 3.61. The molecular formula is C14H16F3N3O. The molecule has 1 heterocycles. The van der Waals surface area contributed by atoms with E-state index >= 15 is 0 Å². The molecule has 0 bridgehead atoms. The van der Waals surface area contributed by atoms with Crippen LogP contribution in [0.15, 0.2) is 18.2 Å². The van der Waals surface area contributed by atoms with Crippen LogP contribution in [0.2, 0.25) is 0 Å². The summed E-state index contributed by atoms with van der Waals surface area (Å²) >= 11 is 0. The van der Waals surface area contributed by atoms with Crippen LogP contribution in [0.4, 0.5) is 19.1 Å². The number of imidazole rings is 1. The molecule has 1 aliphatic rings. The first-order valence-electron chi connectivity index (χ1n) is 6.86. The zero-order valence-corrected chi connectivity index (χ0v) is 11.4. The summed E-state index contributed by atoms with van der Waals surface area (Å²) in [5.41, 5.74) is 5.91. The molecule has 3 rings (SSSR count). The first-order chi connectivity index (χ1) is 9.95. The van der Waals surface area contributed by atoms with Gasteiger partial charge in [-0.05, 0) is 37.0 Å². The molecule has 0 spiro atoms. The van der Waals surface area contributed by atoms with Gasteiger partial charge in [0.2, 0.25) is 5.95 Å². The standard InChI is InChI=1S/C14H16F3N3O/c15-14(16,17)10-3-4-12-11(7-10)19-13(18)20(12)5-6-21-8-9-1-2-9/h3-4,7,9H,1-2,5-6,8H2,(H2,18,19). The average Bonchev–Trinajstić information content (AvgIpc) is 3.17. The lowest BCUT2D eigenvalue weighted by Gasteiger charge is -2.08. The molecule has 7 heteroatoms. The average molecular weight is 299 g/mol. The van der Waals surface area contributed by atoms with Gasteiger partial charge in [0.05, 0.1) is 23.2 Å². The minimum Gasteiger partial charge on any atom is -0.379 e. The Hall–Kier alpha value is -1.76. The predicted molar refractivity (Wildman–Crippen MR) is 72.7 cm³/mol. The smallest absolute Gasteiger partial charge is 0.379 e. The fourth-order valence-corrected chi connectivity index (χ4v) is 2.25. The van der Waals surface area contributed by atoms with Crippen LogP contribution in [-0.4, -0.2) is 22.8 Å². The molecule has 114 valence electrons. The predicted octanol–water partition coefficient (Wildman–Crippen LogP) is 3.06. The number of benzene rings is 1. The highest BCUT2D eigenvalue weighted by atomic mass is 19.4. The summed E-state index contributed by atoms with van der Waals surface area (Å²) in [6.45, 7) is 1.71. The minimum absolute atomic E-state index is 0.208. The van der Waals surface area contributed by atoms with E-state index in [0.717, 1.165) is 18.7 Å². The van der Waals surface area contributed by atoms with Gasteiger partial charge in [-0.25, -0.2) is 4.98 Å². The lowest BCUT2D eigenvalue weighted by atomic mass is 10.2. The van der Waals surface area contributed by atoms with Crippen LogP contribution >= 0.6 is 0 Å². The molecule has 1 saturated carbocycles. The van der Waals surface area contributed by atoms with Crippen molar-refractivity contribution in [3.63, 3.8) is 0 Å². The summed E-state index contributed by atoms with van der Waals surface area (Å²) in [4.78, 5) is 4.00. The van der Waals surface area contributed by atoms with Crippen molar-refractivity contribution < 1.29 is 17.9 Å². The Kier molecular flexibility index (Phi) is 3.52. The number of alkyl halides is 3. The zero-order valence-electron chi connectivity index (χ0n) is 11.4. The maximum atomic E-state index is 12.7. The molecule has 4 nitrogen and oxygen atoms in total. The molecule has 0 saturated heterocycles.